The zero-order valence-corrected chi connectivity index (χ0v) is 11.4. The maximum Gasteiger partial charge on any atom is 0.373 e. The van der Waals surface area contributed by atoms with E-state index in [4.69, 9.17) is 21.1 Å². The lowest BCUT2D eigenvalue weighted by molar-refractivity contribution is -0.141. The molecule has 20 heavy (non-hydrogen) atoms. The minimum absolute atomic E-state index is 0.0440. The van der Waals surface area contributed by atoms with Crippen LogP contribution < -0.4 is 0 Å². The summed E-state index contributed by atoms with van der Waals surface area (Å²) >= 11 is 5.25. The van der Waals surface area contributed by atoms with Crippen LogP contribution in [0.3, 0.4) is 0 Å². The standard InChI is InChI=1S/C11H12ClN3O5/c1-2-19-9(16)7-3-4-8(20-7)13-15-6-5-14(10(12)17)11(15)18/h3H,2,4-6H2,1H3. The van der Waals surface area contributed by atoms with Crippen molar-refractivity contribution in [2.75, 3.05) is 19.7 Å². The van der Waals surface area contributed by atoms with E-state index in [1.54, 1.807) is 6.92 Å². The molecule has 0 saturated carbocycles. The smallest absolute Gasteiger partial charge is 0.373 e. The Balaban J connectivity index is 1.97. The molecule has 0 spiro atoms. The van der Waals surface area contributed by atoms with Gasteiger partial charge in [0.2, 0.25) is 11.7 Å². The fourth-order valence-corrected chi connectivity index (χ4v) is 1.85. The summed E-state index contributed by atoms with van der Waals surface area (Å²) in [5, 5.41) is 4.16. The number of hydrogen-bond acceptors (Lipinski definition) is 6. The second-order valence-electron chi connectivity index (χ2n) is 3.90. The van der Waals surface area contributed by atoms with E-state index in [-0.39, 0.29) is 37.8 Å². The Kier molecular flexibility index (Phi) is 4.23. The number of carbonyl (C=O) groups is 3. The van der Waals surface area contributed by atoms with Crippen molar-refractivity contribution >= 4 is 34.9 Å². The molecule has 0 aromatic rings. The second-order valence-corrected chi connectivity index (χ2v) is 4.22. The van der Waals surface area contributed by atoms with Crippen molar-refractivity contribution in [1.82, 2.24) is 9.91 Å². The van der Waals surface area contributed by atoms with Crippen molar-refractivity contribution in [2.24, 2.45) is 5.10 Å². The molecule has 9 heteroatoms. The molecule has 0 aliphatic carbocycles. The lowest BCUT2D eigenvalue weighted by atomic mass is 10.4. The number of amides is 3. The number of ether oxygens (including phenoxy) is 2. The average Bonchev–Trinajstić information content (AvgIpc) is 2.98. The van der Waals surface area contributed by atoms with Crippen LogP contribution in [0, 0.1) is 0 Å². The van der Waals surface area contributed by atoms with Gasteiger partial charge in [-0.3, -0.25) is 4.79 Å². The molecule has 3 amide bonds. The number of esters is 1. The van der Waals surface area contributed by atoms with Gasteiger partial charge in [0.05, 0.1) is 19.7 Å². The van der Waals surface area contributed by atoms with Gasteiger partial charge < -0.3 is 9.47 Å². The molecule has 0 aromatic heterocycles. The first-order valence-electron chi connectivity index (χ1n) is 5.94. The zero-order valence-electron chi connectivity index (χ0n) is 10.7. The third kappa shape index (κ3) is 2.90. The largest absolute Gasteiger partial charge is 0.460 e. The van der Waals surface area contributed by atoms with Crippen LogP contribution in [-0.2, 0) is 14.3 Å². The Morgan fingerprint density at radius 3 is 2.85 bits per heavy atom. The molecule has 8 nitrogen and oxygen atoms in total. The molecule has 2 aliphatic heterocycles. The van der Waals surface area contributed by atoms with E-state index in [0.717, 1.165) is 9.91 Å². The van der Waals surface area contributed by atoms with Crippen molar-refractivity contribution < 1.29 is 23.9 Å². The molecule has 0 aromatic carbocycles. The third-order valence-corrected chi connectivity index (χ3v) is 2.80. The van der Waals surface area contributed by atoms with Crippen LogP contribution in [0.5, 0.6) is 0 Å². The van der Waals surface area contributed by atoms with E-state index >= 15 is 0 Å². The van der Waals surface area contributed by atoms with Gasteiger partial charge in [0.1, 0.15) is 0 Å². The first-order chi connectivity index (χ1) is 9.52. The summed E-state index contributed by atoms with van der Waals surface area (Å²) in [5.74, 6) is -0.351. The Labute approximate surface area is 119 Å². The van der Waals surface area contributed by atoms with Crippen LogP contribution in [0.1, 0.15) is 13.3 Å². The highest BCUT2D eigenvalue weighted by Crippen LogP contribution is 2.17. The van der Waals surface area contributed by atoms with Gasteiger partial charge in [-0.15, -0.1) is 5.10 Å². The van der Waals surface area contributed by atoms with Gasteiger partial charge in [0, 0.05) is 6.42 Å². The van der Waals surface area contributed by atoms with Crippen LogP contribution in [0.2, 0.25) is 0 Å². The predicted octanol–water partition coefficient (Wildman–Crippen LogP) is 1.26. The van der Waals surface area contributed by atoms with E-state index in [1.165, 1.54) is 6.08 Å². The van der Waals surface area contributed by atoms with Crippen LogP contribution >= 0.6 is 11.6 Å². The summed E-state index contributed by atoms with van der Waals surface area (Å²) in [5.41, 5.74) is 0. The first-order valence-corrected chi connectivity index (χ1v) is 6.31. The third-order valence-electron chi connectivity index (χ3n) is 2.60. The normalized spacial score (nSPS) is 20.2. The van der Waals surface area contributed by atoms with Crippen LogP contribution in [0.25, 0.3) is 0 Å². The van der Waals surface area contributed by atoms with Gasteiger partial charge >= 0.3 is 17.4 Å². The number of halogens is 1. The zero-order chi connectivity index (χ0) is 14.7. The van der Waals surface area contributed by atoms with E-state index in [9.17, 15) is 14.4 Å². The first kappa shape index (κ1) is 14.3. The maximum atomic E-state index is 11.7. The number of urea groups is 1. The number of carbonyl (C=O) groups excluding carboxylic acids is 3. The molecule has 2 rings (SSSR count). The molecule has 0 atom stereocenters. The summed E-state index contributed by atoms with van der Waals surface area (Å²) in [4.78, 5) is 34.9. The highest BCUT2D eigenvalue weighted by atomic mass is 35.5. The lowest BCUT2D eigenvalue weighted by Crippen LogP contribution is -2.31. The van der Waals surface area contributed by atoms with E-state index in [2.05, 4.69) is 5.10 Å². The van der Waals surface area contributed by atoms with Gasteiger partial charge in [-0.05, 0) is 24.6 Å². The SMILES string of the molecule is CCOC(=O)C1=CCC(=NN2CCN(C(=O)Cl)C2=O)O1. The second kappa shape index (κ2) is 5.91. The maximum absolute atomic E-state index is 11.7. The van der Waals surface area contributed by atoms with Gasteiger partial charge in [0.25, 0.3) is 0 Å². The topological polar surface area (TPSA) is 88.5 Å². The molecule has 0 N–H and O–H groups in total. The van der Waals surface area contributed by atoms with Gasteiger partial charge in [-0.2, -0.15) is 0 Å². The fraction of sp³-hybridized carbons (Fsp3) is 0.455. The molecule has 108 valence electrons. The Morgan fingerprint density at radius 1 is 1.50 bits per heavy atom. The van der Waals surface area contributed by atoms with Crippen LogP contribution in [0.15, 0.2) is 16.9 Å². The molecule has 1 fully saturated rings. The van der Waals surface area contributed by atoms with Crippen molar-refractivity contribution in [3.8, 4) is 0 Å². The quantitative estimate of drug-likeness (QED) is 0.445. The molecule has 2 heterocycles. The highest BCUT2D eigenvalue weighted by Gasteiger charge is 2.33. The van der Waals surface area contributed by atoms with Gasteiger partial charge in [-0.1, -0.05) is 0 Å². The minimum atomic E-state index is -0.852. The van der Waals surface area contributed by atoms with Crippen molar-refractivity contribution in [1.29, 1.82) is 0 Å². The number of hydrogen-bond donors (Lipinski definition) is 0. The summed E-state index contributed by atoms with van der Waals surface area (Å²) in [7, 11) is 0. The predicted molar refractivity (Wildman–Crippen MR) is 67.9 cm³/mol. The summed E-state index contributed by atoms with van der Waals surface area (Å²) in [6.07, 6.45) is 1.79. The van der Waals surface area contributed by atoms with Crippen molar-refractivity contribution in [2.45, 2.75) is 13.3 Å². The van der Waals surface area contributed by atoms with Crippen LogP contribution in [-0.4, -0.2) is 52.9 Å². The van der Waals surface area contributed by atoms with Gasteiger partial charge in [0.15, 0.2) is 0 Å². The molecule has 0 radical (unpaired) electrons. The molecule has 2 aliphatic rings. The number of imide groups is 1. The number of nitrogens with zero attached hydrogens (tertiary/aromatic N) is 3. The molecule has 1 saturated heterocycles. The fourth-order valence-electron chi connectivity index (χ4n) is 1.69. The molecular weight excluding hydrogens is 290 g/mol. The number of rotatable bonds is 3. The molecular formula is C11H12ClN3O5. The summed E-state index contributed by atoms with van der Waals surface area (Å²) < 4.78 is 9.96. The molecule has 0 unspecified atom stereocenters. The highest BCUT2D eigenvalue weighted by molar-refractivity contribution is 6.64. The number of hydrazone groups is 1. The Morgan fingerprint density at radius 2 is 2.25 bits per heavy atom. The van der Waals surface area contributed by atoms with E-state index in [1.807, 2.05) is 0 Å². The Bertz CT molecular complexity index is 516. The summed E-state index contributed by atoms with van der Waals surface area (Å²) in [6, 6.07) is -0.620. The minimum Gasteiger partial charge on any atom is -0.460 e. The van der Waals surface area contributed by atoms with Crippen molar-refractivity contribution in [3.05, 3.63) is 11.8 Å². The molecule has 0 bridgehead atoms. The average molecular weight is 302 g/mol. The van der Waals surface area contributed by atoms with E-state index in [0.29, 0.717) is 0 Å². The Hall–Kier alpha value is -2.09. The van der Waals surface area contributed by atoms with Crippen LogP contribution in [0.4, 0.5) is 9.59 Å². The van der Waals surface area contributed by atoms with E-state index < -0.39 is 17.4 Å². The monoisotopic (exact) mass is 301 g/mol. The lowest BCUT2D eigenvalue weighted by Gasteiger charge is -2.11. The van der Waals surface area contributed by atoms with Crippen molar-refractivity contribution in [3.63, 3.8) is 0 Å². The summed E-state index contributed by atoms with van der Waals surface area (Å²) in [6.45, 7) is 2.31. The van der Waals surface area contributed by atoms with Gasteiger partial charge in [-0.25, -0.2) is 19.5 Å².